The van der Waals surface area contributed by atoms with E-state index in [1.165, 1.54) is 11.3 Å². The van der Waals surface area contributed by atoms with Crippen molar-refractivity contribution in [3.63, 3.8) is 0 Å². The van der Waals surface area contributed by atoms with Gasteiger partial charge >= 0.3 is 0 Å². The molecule has 0 radical (unpaired) electrons. The van der Waals surface area contributed by atoms with Gasteiger partial charge in [0.05, 0.1) is 0 Å². The van der Waals surface area contributed by atoms with Crippen LogP contribution in [0, 0.1) is 5.41 Å². The average molecular weight is 233 g/mol. The quantitative estimate of drug-likeness (QED) is 0.698. The van der Waals surface area contributed by atoms with Gasteiger partial charge in [-0.3, -0.25) is 0 Å². The van der Waals surface area contributed by atoms with Gasteiger partial charge in [0, 0.05) is 10.2 Å². The van der Waals surface area contributed by atoms with Gasteiger partial charge in [-0.1, -0.05) is 35.8 Å². The lowest BCUT2D eigenvalue weighted by Crippen LogP contribution is -2.15. The van der Waals surface area contributed by atoms with Crippen LogP contribution in [0.5, 0.6) is 0 Å². The second-order valence-corrected chi connectivity index (χ2v) is 5.15. The fourth-order valence-electron chi connectivity index (χ4n) is 0.932. The van der Waals surface area contributed by atoms with E-state index in [4.69, 9.17) is 0 Å². The molecule has 0 nitrogen and oxygen atoms in total. The first-order valence-corrected chi connectivity index (χ1v) is 5.72. The summed E-state index contributed by atoms with van der Waals surface area (Å²) >= 11 is 5.37. The molecule has 0 spiro atoms. The molecule has 0 fully saturated rings. The Morgan fingerprint density at radius 1 is 1.55 bits per heavy atom. The Morgan fingerprint density at radius 2 is 2.27 bits per heavy atom. The molecule has 11 heavy (non-hydrogen) atoms. The Bertz CT molecular complexity index is 201. The first-order valence-electron chi connectivity index (χ1n) is 3.72. The van der Waals surface area contributed by atoms with Crippen LogP contribution in [0.3, 0.4) is 0 Å². The Labute approximate surface area is 80.8 Å². The van der Waals surface area contributed by atoms with Crippen molar-refractivity contribution in [1.82, 2.24) is 0 Å². The van der Waals surface area contributed by atoms with Crippen LogP contribution in [0.4, 0.5) is 0 Å². The Morgan fingerprint density at radius 3 is 2.73 bits per heavy atom. The van der Waals surface area contributed by atoms with Gasteiger partial charge in [-0.25, -0.2) is 0 Å². The summed E-state index contributed by atoms with van der Waals surface area (Å²) < 4.78 is 0. The molecule has 0 bridgehead atoms. The normalized spacial score (nSPS) is 11.9. The SMILES string of the molecule is CC(C)(CBr)Cc1cccs1. The minimum atomic E-state index is 0.394. The lowest BCUT2D eigenvalue weighted by molar-refractivity contribution is 0.428. The lowest BCUT2D eigenvalue weighted by Gasteiger charge is -2.19. The zero-order valence-corrected chi connectivity index (χ0v) is 9.33. The molecule has 0 aliphatic carbocycles. The van der Waals surface area contributed by atoms with Crippen LogP contribution in [-0.2, 0) is 6.42 Å². The molecule has 0 unspecified atom stereocenters. The van der Waals surface area contributed by atoms with E-state index in [0.717, 1.165) is 5.33 Å². The van der Waals surface area contributed by atoms with Crippen LogP contribution in [0.1, 0.15) is 18.7 Å². The zero-order chi connectivity index (χ0) is 8.32. The van der Waals surface area contributed by atoms with Crippen LogP contribution in [0.15, 0.2) is 17.5 Å². The molecule has 62 valence electrons. The van der Waals surface area contributed by atoms with Crippen molar-refractivity contribution in [3.8, 4) is 0 Å². The van der Waals surface area contributed by atoms with Gasteiger partial charge in [-0.2, -0.15) is 0 Å². The molecule has 0 aromatic carbocycles. The van der Waals surface area contributed by atoms with Crippen LogP contribution in [0.25, 0.3) is 0 Å². The summed E-state index contributed by atoms with van der Waals surface area (Å²) in [5.41, 5.74) is 0.394. The van der Waals surface area contributed by atoms with E-state index in [2.05, 4.69) is 47.3 Å². The van der Waals surface area contributed by atoms with E-state index in [0.29, 0.717) is 5.41 Å². The highest BCUT2D eigenvalue weighted by atomic mass is 79.9. The number of rotatable bonds is 3. The second-order valence-electron chi connectivity index (χ2n) is 3.55. The molecule has 0 aliphatic rings. The summed E-state index contributed by atoms with van der Waals surface area (Å²) in [6.45, 7) is 4.56. The third-order valence-corrected chi connectivity index (χ3v) is 3.99. The monoisotopic (exact) mass is 232 g/mol. The number of hydrogen-bond acceptors (Lipinski definition) is 1. The standard InChI is InChI=1S/C9H13BrS/c1-9(2,7-10)6-8-4-3-5-11-8/h3-5H,6-7H2,1-2H3. The largest absolute Gasteiger partial charge is 0.149 e. The predicted octanol–water partition coefficient (Wildman–Crippen LogP) is 3.71. The molecule has 1 heterocycles. The Hall–Kier alpha value is 0.180. The molecular weight excluding hydrogens is 220 g/mol. The molecular formula is C9H13BrS. The summed E-state index contributed by atoms with van der Waals surface area (Å²) in [5, 5.41) is 3.21. The summed E-state index contributed by atoms with van der Waals surface area (Å²) in [5.74, 6) is 0. The van der Waals surface area contributed by atoms with E-state index < -0.39 is 0 Å². The van der Waals surface area contributed by atoms with Crippen molar-refractivity contribution in [3.05, 3.63) is 22.4 Å². The van der Waals surface area contributed by atoms with Gasteiger partial charge < -0.3 is 0 Å². The molecule has 1 rings (SSSR count). The maximum absolute atomic E-state index is 3.52. The minimum absolute atomic E-state index is 0.394. The molecule has 0 saturated heterocycles. The smallest absolute Gasteiger partial charge is 0.00861 e. The fourth-order valence-corrected chi connectivity index (χ4v) is 2.09. The highest BCUT2D eigenvalue weighted by Gasteiger charge is 2.16. The third kappa shape index (κ3) is 2.96. The van der Waals surface area contributed by atoms with Gasteiger partial charge in [0.2, 0.25) is 0 Å². The van der Waals surface area contributed by atoms with E-state index in [1.807, 2.05) is 11.3 Å². The third-order valence-electron chi connectivity index (χ3n) is 1.59. The van der Waals surface area contributed by atoms with Crippen LogP contribution < -0.4 is 0 Å². The summed E-state index contributed by atoms with van der Waals surface area (Å²) in [7, 11) is 0. The average Bonchev–Trinajstić information content (AvgIpc) is 2.39. The molecule has 1 aromatic heterocycles. The number of hydrogen-bond donors (Lipinski definition) is 0. The molecule has 0 amide bonds. The number of alkyl halides is 1. The minimum Gasteiger partial charge on any atom is -0.149 e. The summed E-state index contributed by atoms with van der Waals surface area (Å²) in [6.07, 6.45) is 1.18. The first kappa shape index (κ1) is 9.27. The molecule has 2 heteroatoms. The van der Waals surface area contributed by atoms with Gasteiger partial charge in [0.15, 0.2) is 0 Å². The van der Waals surface area contributed by atoms with Crippen molar-refractivity contribution >= 4 is 27.3 Å². The van der Waals surface area contributed by atoms with Gasteiger partial charge in [-0.05, 0) is 23.3 Å². The maximum Gasteiger partial charge on any atom is 0.00861 e. The molecule has 0 aliphatic heterocycles. The van der Waals surface area contributed by atoms with E-state index in [-0.39, 0.29) is 0 Å². The van der Waals surface area contributed by atoms with Crippen LogP contribution in [0.2, 0.25) is 0 Å². The molecule has 0 N–H and O–H groups in total. The highest BCUT2D eigenvalue weighted by molar-refractivity contribution is 9.09. The van der Waals surface area contributed by atoms with E-state index in [1.54, 1.807) is 0 Å². The van der Waals surface area contributed by atoms with Crippen LogP contribution >= 0.6 is 27.3 Å². The van der Waals surface area contributed by atoms with Gasteiger partial charge in [-0.15, -0.1) is 11.3 Å². The van der Waals surface area contributed by atoms with E-state index in [9.17, 15) is 0 Å². The Kier molecular flexibility index (Phi) is 3.14. The van der Waals surface area contributed by atoms with Crippen molar-refractivity contribution in [2.75, 3.05) is 5.33 Å². The first-order chi connectivity index (χ1) is 5.14. The van der Waals surface area contributed by atoms with Crippen molar-refractivity contribution in [2.24, 2.45) is 5.41 Å². The number of thiophene rings is 1. The topological polar surface area (TPSA) is 0 Å². The molecule has 1 aromatic rings. The highest BCUT2D eigenvalue weighted by Crippen LogP contribution is 2.26. The molecule has 0 atom stereocenters. The van der Waals surface area contributed by atoms with Gasteiger partial charge in [0.1, 0.15) is 0 Å². The fraction of sp³-hybridized carbons (Fsp3) is 0.556. The van der Waals surface area contributed by atoms with Crippen LogP contribution in [-0.4, -0.2) is 5.33 Å². The molecule has 0 saturated carbocycles. The maximum atomic E-state index is 3.52. The second kappa shape index (κ2) is 3.72. The van der Waals surface area contributed by atoms with Crippen molar-refractivity contribution in [2.45, 2.75) is 20.3 Å². The predicted molar refractivity (Wildman–Crippen MR) is 55.6 cm³/mol. The zero-order valence-electron chi connectivity index (χ0n) is 6.93. The van der Waals surface area contributed by atoms with Crippen molar-refractivity contribution < 1.29 is 0 Å². The van der Waals surface area contributed by atoms with E-state index >= 15 is 0 Å². The summed E-state index contributed by atoms with van der Waals surface area (Å²) in [6, 6.07) is 4.32. The van der Waals surface area contributed by atoms with Crippen molar-refractivity contribution in [1.29, 1.82) is 0 Å². The summed E-state index contributed by atoms with van der Waals surface area (Å²) in [4.78, 5) is 1.48. The number of halogens is 1. The Balaban J connectivity index is 2.56. The lowest BCUT2D eigenvalue weighted by atomic mass is 9.91. The van der Waals surface area contributed by atoms with Gasteiger partial charge in [0.25, 0.3) is 0 Å².